The molecule has 2 rings (SSSR count). The SMILES string of the molecule is CCCCCCP(CCCCCC)CCCCCC.O.c1ccc(-c2ccccc2)cc1. The molecule has 0 aliphatic heterocycles. The molecule has 0 unspecified atom stereocenters. The van der Waals surface area contributed by atoms with Gasteiger partial charge in [-0.05, 0) is 48.9 Å². The number of unbranched alkanes of at least 4 members (excludes halogenated alkanes) is 9. The lowest BCUT2D eigenvalue weighted by Crippen LogP contribution is -1.97. The lowest BCUT2D eigenvalue weighted by atomic mass is 10.1. The summed E-state index contributed by atoms with van der Waals surface area (Å²) in [6.45, 7) is 6.95. The highest BCUT2D eigenvalue weighted by Gasteiger charge is 2.07. The third-order valence-corrected chi connectivity index (χ3v) is 8.71. The van der Waals surface area contributed by atoms with Crippen molar-refractivity contribution in [3.63, 3.8) is 0 Å². The molecule has 0 atom stereocenters. The molecule has 32 heavy (non-hydrogen) atoms. The summed E-state index contributed by atoms with van der Waals surface area (Å²) in [6, 6.07) is 20.8. The van der Waals surface area contributed by atoms with Gasteiger partial charge in [0.25, 0.3) is 0 Å². The Kier molecular flexibility index (Phi) is 22.2. The fourth-order valence-corrected chi connectivity index (χ4v) is 6.57. The Morgan fingerprint density at radius 1 is 0.438 bits per heavy atom. The fraction of sp³-hybridized carbons (Fsp3) is 0.600. The highest BCUT2D eigenvalue weighted by Crippen LogP contribution is 2.39. The van der Waals surface area contributed by atoms with Crippen molar-refractivity contribution in [1.82, 2.24) is 0 Å². The van der Waals surface area contributed by atoms with Gasteiger partial charge in [0.15, 0.2) is 0 Å². The summed E-state index contributed by atoms with van der Waals surface area (Å²) < 4.78 is 0. The Balaban J connectivity index is 0.000000631. The quantitative estimate of drug-likeness (QED) is 0.177. The molecule has 0 bridgehead atoms. The predicted molar refractivity (Wildman–Crippen MR) is 149 cm³/mol. The second kappa shape index (κ2) is 23.0. The monoisotopic (exact) mass is 458 g/mol. The van der Waals surface area contributed by atoms with Crippen LogP contribution in [0.2, 0.25) is 0 Å². The highest BCUT2D eigenvalue weighted by molar-refractivity contribution is 7.57. The molecule has 0 saturated heterocycles. The molecule has 0 heterocycles. The molecular formula is C30H51OP. The van der Waals surface area contributed by atoms with E-state index in [2.05, 4.69) is 69.3 Å². The number of benzene rings is 2. The Morgan fingerprint density at radius 3 is 1.03 bits per heavy atom. The lowest BCUT2D eigenvalue weighted by molar-refractivity contribution is 0.687. The summed E-state index contributed by atoms with van der Waals surface area (Å²) in [5.74, 6) is 0. The maximum atomic E-state index is 2.32. The standard InChI is InChI=1S/C18H39P.C12H10.H2O/c1-4-7-10-13-16-19(17-14-11-8-5-2)18-15-12-9-6-3;1-3-7-11(8-4-1)12-9-5-2-6-10-12;/h4-18H2,1-3H3;1-10H;1H2. The van der Waals surface area contributed by atoms with Crippen molar-refractivity contribution in [3.05, 3.63) is 60.7 Å². The molecule has 0 aliphatic carbocycles. The van der Waals surface area contributed by atoms with E-state index in [0.717, 1.165) is 0 Å². The van der Waals surface area contributed by atoms with Crippen molar-refractivity contribution < 1.29 is 5.48 Å². The smallest absolute Gasteiger partial charge is 0.0184 e. The summed E-state index contributed by atoms with van der Waals surface area (Å²) in [6.07, 6.45) is 22.2. The van der Waals surface area contributed by atoms with Crippen LogP contribution in [0.15, 0.2) is 60.7 Å². The largest absolute Gasteiger partial charge is 0.412 e. The van der Waals surface area contributed by atoms with E-state index in [1.54, 1.807) is 18.5 Å². The minimum absolute atomic E-state index is 0. The summed E-state index contributed by atoms with van der Waals surface area (Å²) in [5, 5.41) is 0. The zero-order valence-corrected chi connectivity index (χ0v) is 22.2. The Bertz CT molecular complexity index is 533. The van der Waals surface area contributed by atoms with E-state index < -0.39 is 0 Å². The molecule has 0 saturated carbocycles. The molecule has 0 radical (unpaired) electrons. The Morgan fingerprint density at radius 2 is 0.750 bits per heavy atom. The topological polar surface area (TPSA) is 31.5 Å². The first-order valence-electron chi connectivity index (χ1n) is 13.1. The number of rotatable bonds is 16. The van der Waals surface area contributed by atoms with Crippen molar-refractivity contribution in [1.29, 1.82) is 0 Å². The first-order chi connectivity index (χ1) is 15.3. The van der Waals surface area contributed by atoms with Crippen molar-refractivity contribution in [2.45, 2.75) is 97.8 Å². The lowest BCUT2D eigenvalue weighted by Gasteiger charge is -2.17. The minimum Gasteiger partial charge on any atom is -0.412 e. The van der Waals surface area contributed by atoms with E-state index in [1.165, 1.54) is 88.2 Å². The van der Waals surface area contributed by atoms with Crippen LogP contribution in [-0.4, -0.2) is 24.0 Å². The zero-order valence-electron chi connectivity index (χ0n) is 21.3. The van der Waals surface area contributed by atoms with E-state index >= 15 is 0 Å². The summed E-state index contributed by atoms with van der Waals surface area (Å²) in [4.78, 5) is 0. The minimum atomic E-state index is 0. The van der Waals surface area contributed by atoms with Gasteiger partial charge < -0.3 is 5.48 Å². The molecule has 2 aromatic carbocycles. The van der Waals surface area contributed by atoms with Gasteiger partial charge in [-0.1, -0.05) is 139 Å². The van der Waals surface area contributed by atoms with E-state index in [4.69, 9.17) is 0 Å². The maximum absolute atomic E-state index is 2.32. The third-order valence-electron chi connectivity index (χ3n) is 5.86. The van der Waals surface area contributed by atoms with Gasteiger partial charge in [-0.3, -0.25) is 0 Å². The highest BCUT2D eigenvalue weighted by atomic mass is 31.1. The van der Waals surface area contributed by atoms with Crippen molar-refractivity contribution in [2.24, 2.45) is 0 Å². The van der Waals surface area contributed by atoms with Gasteiger partial charge in [-0.2, -0.15) is 0 Å². The third kappa shape index (κ3) is 16.5. The van der Waals surface area contributed by atoms with Crippen LogP contribution in [0.4, 0.5) is 0 Å². The van der Waals surface area contributed by atoms with Crippen LogP contribution in [0.25, 0.3) is 11.1 Å². The van der Waals surface area contributed by atoms with Crippen molar-refractivity contribution >= 4 is 7.92 Å². The molecule has 2 aromatic rings. The van der Waals surface area contributed by atoms with E-state index in [-0.39, 0.29) is 5.48 Å². The van der Waals surface area contributed by atoms with Gasteiger partial charge in [-0.15, -0.1) is 7.92 Å². The fourth-order valence-electron chi connectivity index (χ4n) is 3.88. The van der Waals surface area contributed by atoms with Crippen LogP contribution in [0.5, 0.6) is 0 Å². The van der Waals surface area contributed by atoms with Crippen LogP contribution >= 0.6 is 7.92 Å². The number of hydrogen-bond acceptors (Lipinski definition) is 0. The summed E-state index contributed by atoms with van der Waals surface area (Å²) in [7, 11) is 0.389. The maximum Gasteiger partial charge on any atom is -0.0184 e. The molecule has 182 valence electrons. The van der Waals surface area contributed by atoms with Crippen LogP contribution in [-0.2, 0) is 0 Å². The van der Waals surface area contributed by atoms with Gasteiger partial charge in [0.05, 0.1) is 0 Å². The van der Waals surface area contributed by atoms with Crippen LogP contribution in [0.1, 0.15) is 97.8 Å². The summed E-state index contributed by atoms with van der Waals surface area (Å²) in [5.41, 5.74) is 2.55. The van der Waals surface area contributed by atoms with Crippen LogP contribution in [0, 0.1) is 0 Å². The van der Waals surface area contributed by atoms with E-state index in [1.807, 2.05) is 12.1 Å². The first-order valence-corrected chi connectivity index (χ1v) is 15.0. The van der Waals surface area contributed by atoms with Gasteiger partial charge in [0, 0.05) is 0 Å². The molecule has 0 fully saturated rings. The van der Waals surface area contributed by atoms with Crippen molar-refractivity contribution in [2.75, 3.05) is 18.5 Å². The molecule has 0 spiro atoms. The molecular weight excluding hydrogens is 407 g/mol. The second-order valence-corrected chi connectivity index (χ2v) is 11.4. The van der Waals surface area contributed by atoms with Gasteiger partial charge in [0.2, 0.25) is 0 Å². The average Bonchev–Trinajstić information content (AvgIpc) is 2.83. The molecule has 0 amide bonds. The zero-order chi connectivity index (χ0) is 22.4. The Labute approximate surface area is 201 Å². The van der Waals surface area contributed by atoms with Crippen LogP contribution in [0.3, 0.4) is 0 Å². The average molecular weight is 459 g/mol. The van der Waals surface area contributed by atoms with E-state index in [9.17, 15) is 0 Å². The summed E-state index contributed by atoms with van der Waals surface area (Å²) >= 11 is 0. The van der Waals surface area contributed by atoms with Crippen LogP contribution < -0.4 is 0 Å². The van der Waals surface area contributed by atoms with Gasteiger partial charge >= 0.3 is 0 Å². The molecule has 1 nitrogen and oxygen atoms in total. The second-order valence-electron chi connectivity index (χ2n) is 8.76. The number of hydrogen-bond donors (Lipinski definition) is 0. The predicted octanol–water partition coefficient (Wildman–Crippen LogP) is 9.74. The Hall–Kier alpha value is -1.17. The van der Waals surface area contributed by atoms with Crippen molar-refractivity contribution in [3.8, 4) is 11.1 Å². The van der Waals surface area contributed by atoms with E-state index in [0.29, 0.717) is 7.92 Å². The van der Waals surface area contributed by atoms with Gasteiger partial charge in [-0.25, -0.2) is 0 Å². The molecule has 2 heteroatoms. The molecule has 2 N–H and O–H groups in total. The normalized spacial score (nSPS) is 10.4. The molecule has 0 aliphatic rings. The molecule has 0 aromatic heterocycles. The first kappa shape index (κ1) is 30.8. The van der Waals surface area contributed by atoms with Gasteiger partial charge in [0.1, 0.15) is 0 Å².